The summed E-state index contributed by atoms with van der Waals surface area (Å²) >= 11 is 12.0. The Morgan fingerprint density at radius 1 is 0.838 bits per heavy atom. The smallest absolute Gasteiger partial charge is 0.261 e. The molecule has 0 unspecified atom stereocenters. The molecule has 0 aliphatic rings. The van der Waals surface area contributed by atoms with Crippen LogP contribution in [0.3, 0.4) is 0 Å². The lowest BCUT2D eigenvalue weighted by atomic mass is 10.1. The number of anilines is 3. The second kappa shape index (κ2) is 10.6. The van der Waals surface area contributed by atoms with Gasteiger partial charge in [0.05, 0.1) is 22.5 Å². The molecule has 0 bridgehead atoms. The summed E-state index contributed by atoms with van der Waals surface area (Å²) in [7, 11) is -7.75. The van der Waals surface area contributed by atoms with Crippen LogP contribution in [0.15, 0.2) is 89.8 Å². The Kier molecular flexibility index (Phi) is 7.65. The lowest BCUT2D eigenvalue weighted by molar-refractivity contribution is -0.114. The number of carbonyl (C=O) groups is 1. The van der Waals surface area contributed by atoms with Crippen molar-refractivity contribution < 1.29 is 21.6 Å². The van der Waals surface area contributed by atoms with Gasteiger partial charge < -0.3 is 5.32 Å². The molecule has 0 atom stereocenters. The van der Waals surface area contributed by atoms with Gasteiger partial charge in [0.25, 0.3) is 10.0 Å². The molecule has 8 nitrogen and oxygen atoms in total. The van der Waals surface area contributed by atoms with Gasteiger partial charge in [0.2, 0.25) is 15.9 Å². The summed E-state index contributed by atoms with van der Waals surface area (Å²) in [6, 6.07) is 22.4. The van der Waals surface area contributed by atoms with Crippen LogP contribution >= 0.6 is 23.2 Å². The number of amides is 1. The van der Waals surface area contributed by atoms with Gasteiger partial charge in [-0.1, -0.05) is 59.6 Å². The zero-order valence-corrected chi connectivity index (χ0v) is 22.5. The first-order valence-electron chi connectivity index (χ1n) is 10.8. The van der Waals surface area contributed by atoms with Gasteiger partial charge in [-0.2, -0.15) is 0 Å². The molecule has 4 aromatic rings. The van der Waals surface area contributed by atoms with Gasteiger partial charge in [0.15, 0.2) is 0 Å². The van der Waals surface area contributed by atoms with E-state index < -0.39 is 32.5 Å². The highest BCUT2D eigenvalue weighted by molar-refractivity contribution is 7.92. The van der Waals surface area contributed by atoms with Crippen LogP contribution < -0.4 is 14.3 Å². The zero-order chi connectivity index (χ0) is 26.8. The van der Waals surface area contributed by atoms with Crippen molar-refractivity contribution in [2.45, 2.75) is 4.90 Å². The molecule has 0 saturated heterocycles. The van der Waals surface area contributed by atoms with Gasteiger partial charge in [-0.15, -0.1) is 0 Å². The highest BCUT2D eigenvalue weighted by Gasteiger charge is 2.22. The largest absolute Gasteiger partial charge is 0.325 e. The van der Waals surface area contributed by atoms with Crippen LogP contribution in [0.1, 0.15) is 0 Å². The first-order valence-corrected chi connectivity index (χ1v) is 14.9. The number of benzene rings is 4. The standard InChI is InChI=1S/C25H21Cl2N3O5S2/c1-36(32,33)30(21-14-18(26)13-19(27)15-21)16-25(31)28-20-9-11-22(12-10-20)37(34,35)29-24-8-4-6-17-5-2-3-7-23(17)24/h2-15,29H,16H2,1H3,(H,28,31). The van der Waals surface area contributed by atoms with Crippen LogP contribution in [-0.4, -0.2) is 35.5 Å². The molecule has 1 amide bonds. The number of rotatable bonds is 8. The van der Waals surface area contributed by atoms with Crippen molar-refractivity contribution in [3.05, 3.63) is 95.0 Å². The normalized spacial score (nSPS) is 11.8. The van der Waals surface area contributed by atoms with E-state index in [2.05, 4.69) is 10.0 Å². The highest BCUT2D eigenvalue weighted by Crippen LogP contribution is 2.28. The predicted octanol–water partition coefficient (Wildman–Crippen LogP) is 5.35. The summed E-state index contributed by atoms with van der Waals surface area (Å²) in [6.45, 7) is -0.543. The number of fused-ring (bicyclic) bond motifs is 1. The SMILES string of the molecule is CS(=O)(=O)N(CC(=O)Nc1ccc(S(=O)(=O)Nc2cccc3ccccc23)cc1)c1cc(Cl)cc(Cl)c1. The quantitative estimate of drug-likeness (QED) is 0.293. The van der Waals surface area contributed by atoms with E-state index in [1.165, 1.54) is 42.5 Å². The van der Waals surface area contributed by atoms with Crippen LogP contribution in [0, 0.1) is 0 Å². The summed E-state index contributed by atoms with van der Waals surface area (Å²) in [4.78, 5) is 12.6. The van der Waals surface area contributed by atoms with E-state index in [0.717, 1.165) is 21.3 Å². The maximum atomic E-state index is 13.0. The molecule has 0 saturated carbocycles. The topological polar surface area (TPSA) is 113 Å². The summed E-state index contributed by atoms with van der Waals surface area (Å²) < 4.78 is 54.0. The minimum absolute atomic E-state index is 0.00948. The van der Waals surface area contributed by atoms with Crippen molar-refractivity contribution in [1.29, 1.82) is 0 Å². The summed E-state index contributed by atoms with van der Waals surface area (Å²) in [5.41, 5.74) is 0.861. The Labute approximate surface area is 224 Å². The Hall–Kier alpha value is -3.31. The summed E-state index contributed by atoms with van der Waals surface area (Å²) in [5, 5.41) is 4.65. The van der Waals surface area contributed by atoms with Crippen molar-refractivity contribution >= 4 is 77.0 Å². The average Bonchev–Trinajstić information content (AvgIpc) is 2.81. The van der Waals surface area contributed by atoms with Crippen molar-refractivity contribution in [2.24, 2.45) is 0 Å². The Morgan fingerprint density at radius 2 is 1.46 bits per heavy atom. The third-order valence-electron chi connectivity index (χ3n) is 5.31. The minimum atomic E-state index is -3.91. The number of nitrogens with one attached hydrogen (secondary N) is 2. The number of hydrogen-bond donors (Lipinski definition) is 2. The highest BCUT2D eigenvalue weighted by atomic mass is 35.5. The Bertz CT molecular complexity index is 1670. The van der Waals surface area contributed by atoms with E-state index in [1.807, 2.05) is 30.3 Å². The monoisotopic (exact) mass is 577 g/mol. The molecule has 0 aromatic heterocycles. The number of halogens is 2. The van der Waals surface area contributed by atoms with Crippen LogP contribution in [0.25, 0.3) is 10.8 Å². The molecular formula is C25H21Cl2N3O5S2. The maximum absolute atomic E-state index is 13.0. The number of hydrogen-bond acceptors (Lipinski definition) is 5. The third kappa shape index (κ3) is 6.53. The molecule has 0 spiro atoms. The van der Waals surface area contributed by atoms with Gasteiger partial charge in [0.1, 0.15) is 6.54 Å². The molecule has 0 heterocycles. The number of carbonyl (C=O) groups excluding carboxylic acids is 1. The molecule has 4 aromatic carbocycles. The first-order chi connectivity index (χ1) is 17.4. The van der Waals surface area contributed by atoms with Crippen LogP contribution in [0.4, 0.5) is 17.1 Å². The molecule has 4 rings (SSSR count). The molecule has 0 aliphatic carbocycles. The molecule has 192 valence electrons. The third-order valence-corrected chi connectivity index (χ3v) is 8.26. The van der Waals surface area contributed by atoms with Crippen LogP contribution in [0.5, 0.6) is 0 Å². The molecule has 0 fully saturated rings. The summed E-state index contributed by atoms with van der Waals surface area (Å²) in [5.74, 6) is -0.647. The summed E-state index contributed by atoms with van der Waals surface area (Å²) in [6.07, 6.45) is 0.956. The number of sulfonamides is 2. The van der Waals surface area contributed by atoms with E-state index in [-0.39, 0.29) is 26.3 Å². The van der Waals surface area contributed by atoms with Gasteiger partial charge in [-0.3, -0.25) is 13.8 Å². The molecular weight excluding hydrogens is 557 g/mol. The predicted molar refractivity (Wildman–Crippen MR) is 148 cm³/mol. The van der Waals surface area contributed by atoms with Gasteiger partial charge in [-0.05, 0) is 53.9 Å². The second-order valence-electron chi connectivity index (χ2n) is 8.10. The second-order valence-corrected chi connectivity index (χ2v) is 12.6. The van der Waals surface area contributed by atoms with Crippen molar-refractivity contribution in [3.8, 4) is 0 Å². The van der Waals surface area contributed by atoms with E-state index in [0.29, 0.717) is 5.69 Å². The fourth-order valence-electron chi connectivity index (χ4n) is 3.65. The lowest BCUT2D eigenvalue weighted by Gasteiger charge is -2.22. The van der Waals surface area contributed by atoms with E-state index >= 15 is 0 Å². The fourth-order valence-corrected chi connectivity index (χ4v) is 6.08. The lowest BCUT2D eigenvalue weighted by Crippen LogP contribution is -2.37. The van der Waals surface area contributed by atoms with E-state index in [1.54, 1.807) is 12.1 Å². The number of nitrogens with zero attached hydrogens (tertiary/aromatic N) is 1. The van der Waals surface area contributed by atoms with Crippen LogP contribution in [0.2, 0.25) is 10.0 Å². The molecule has 2 N–H and O–H groups in total. The van der Waals surface area contributed by atoms with E-state index in [4.69, 9.17) is 23.2 Å². The van der Waals surface area contributed by atoms with Crippen molar-refractivity contribution in [2.75, 3.05) is 27.1 Å². The molecule has 0 radical (unpaired) electrons. The first kappa shape index (κ1) is 26.7. The fraction of sp³-hybridized carbons (Fsp3) is 0.0800. The molecule has 0 aliphatic heterocycles. The minimum Gasteiger partial charge on any atom is -0.325 e. The molecule has 37 heavy (non-hydrogen) atoms. The van der Waals surface area contributed by atoms with Crippen molar-refractivity contribution in [3.63, 3.8) is 0 Å². The van der Waals surface area contributed by atoms with Crippen molar-refractivity contribution in [1.82, 2.24) is 0 Å². The van der Waals surface area contributed by atoms with Gasteiger partial charge >= 0.3 is 0 Å². The Balaban J connectivity index is 1.49. The van der Waals surface area contributed by atoms with Crippen LogP contribution in [-0.2, 0) is 24.8 Å². The maximum Gasteiger partial charge on any atom is 0.261 e. The van der Waals surface area contributed by atoms with Gasteiger partial charge in [0, 0.05) is 21.1 Å². The average molecular weight is 578 g/mol. The van der Waals surface area contributed by atoms with E-state index in [9.17, 15) is 21.6 Å². The Morgan fingerprint density at radius 3 is 2.11 bits per heavy atom. The zero-order valence-electron chi connectivity index (χ0n) is 19.4. The van der Waals surface area contributed by atoms with Gasteiger partial charge in [-0.25, -0.2) is 16.8 Å². The molecule has 12 heteroatoms.